The lowest BCUT2D eigenvalue weighted by atomic mass is 10.0. The Bertz CT molecular complexity index is 971. The minimum atomic E-state index is -0.513. The summed E-state index contributed by atoms with van der Waals surface area (Å²) >= 11 is 0. The maximum atomic E-state index is 13.8. The van der Waals surface area contributed by atoms with Crippen LogP contribution in [0.4, 0.5) is 10.1 Å². The molecule has 4 rings (SSSR count). The number of anilines is 1. The zero-order valence-electron chi connectivity index (χ0n) is 15.8. The van der Waals surface area contributed by atoms with E-state index in [1.54, 1.807) is 11.5 Å². The third-order valence-electron chi connectivity index (χ3n) is 5.59. The summed E-state index contributed by atoms with van der Waals surface area (Å²) in [6, 6.07) is 13.1. The number of carbonyl (C=O) groups excluding carboxylic acids is 1. The van der Waals surface area contributed by atoms with Crippen LogP contribution in [0.1, 0.15) is 42.9 Å². The fourth-order valence-electron chi connectivity index (χ4n) is 4.10. The van der Waals surface area contributed by atoms with Gasteiger partial charge >= 0.3 is 0 Å². The van der Waals surface area contributed by atoms with E-state index in [1.165, 1.54) is 30.7 Å². The van der Waals surface area contributed by atoms with E-state index in [0.717, 1.165) is 40.9 Å². The maximum absolute atomic E-state index is 13.8. The van der Waals surface area contributed by atoms with E-state index in [0.29, 0.717) is 5.56 Å². The van der Waals surface area contributed by atoms with E-state index in [-0.39, 0.29) is 12.2 Å². The van der Waals surface area contributed by atoms with Gasteiger partial charge in [-0.15, -0.1) is 0 Å². The first kappa shape index (κ1) is 18.4. The molecule has 5 heteroatoms. The van der Waals surface area contributed by atoms with Crippen molar-refractivity contribution in [1.29, 1.82) is 0 Å². The molecule has 1 fully saturated rings. The van der Waals surface area contributed by atoms with Crippen LogP contribution in [0.15, 0.2) is 48.0 Å². The molecule has 1 aliphatic carbocycles. The predicted molar refractivity (Wildman–Crippen MR) is 109 cm³/mol. The number of halogens is 1. The molecule has 0 aromatic heterocycles. The van der Waals surface area contributed by atoms with Gasteiger partial charge in [-0.05, 0) is 83.5 Å². The highest BCUT2D eigenvalue weighted by molar-refractivity contribution is 6.08. The number of fused-ring (bicyclic) bond motifs is 1. The Morgan fingerprint density at radius 2 is 1.86 bits per heavy atom. The highest BCUT2D eigenvalue weighted by atomic mass is 19.1. The number of carbonyl (C=O) groups is 1. The van der Waals surface area contributed by atoms with Gasteiger partial charge in [0.25, 0.3) is 0 Å². The third-order valence-corrected chi connectivity index (χ3v) is 5.59. The fraction of sp³-hybridized carbons (Fsp3) is 0.261. The third kappa shape index (κ3) is 3.45. The topological polar surface area (TPSA) is 52.6 Å². The Kier molecular flexibility index (Phi) is 5.01. The van der Waals surface area contributed by atoms with E-state index < -0.39 is 5.91 Å². The highest BCUT2D eigenvalue weighted by Crippen LogP contribution is 2.43. The summed E-state index contributed by atoms with van der Waals surface area (Å²) in [6.45, 7) is 4.15. The molecular weight excluding hydrogens is 355 g/mol. The van der Waals surface area contributed by atoms with Gasteiger partial charge in [0, 0.05) is 18.8 Å². The van der Waals surface area contributed by atoms with E-state index in [1.807, 2.05) is 6.92 Å². The van der Waals surface area contributed by atoms with Gasteiger partial charge in [-0.3, -0.25) is 10.0 Å². The van der Waals surface area contributed by atoms with Gasteiger partial charge in [0.15, 0.2) is 0 Å². The number of hydrogen-bond acceptors (Lipinski definition) is 3. The second-order valence-electron chi connectivity index (χ2n) is 7.35. The summed E-state index contributed by atoms with van der Waals surface area (Å²) in [7, 11) is 0. The van der Waals surface area contributed by atoms with Crippen LogP contribution in [0.5, 0.6) is 0 Å². The average molecular weight is 378 g/mol. The summed E-state index contributed by atoms with van der Waals surface area (Å²) in [5.74, 6) is -0.856. The number of allylic oxidation sites excluding steroid dienone is 2. The van der Waals surface area contributed by atoms with Gasteiger partial charge in [0.2, 0.25) is 5.91 Å². The summed E-state index contributed by atoms with van der Waals surface area (Å²) < 4.78 is 13.8. The van der Waals surface area contributed by atoms with E-state index in [4.69, 9.17) is 5.21 Å². The lowest BCUT2D eigenvalue weighted by molar-refractivity contribution is -0.128. The van der Waals surface area contributed by atoms with Crippen LogP contribution in [-0.4, -0.2) is 24.2 Å². The molecule has 2 aromatic carbocycles. The van der Waals surface area contributed by atoms with Gasteiger partial charge in [-0.2, -0.15) is 0 Å². The standard InChI is InChI=1S/C23H23FN2O2/c1-15-20(12-16-4-7-18(8-5-16)26-10-2-3-11-26)19-9-6-17(24)13-22(19)21(15)14-23(27)25-28/h4-9,12-13,28H,2-3,10-11,14H2,1H3,(H,25,27)/b20-12-. The predicted octanol–water partition coefficient (Wildman–Crippen LogP) is 4.65. The zero-order chi connectivity index (χ0) is 19.7. The Morgan fingerprint density at radius 3 is 2.54 bits per heavy atom. The zero-order valence-corrected chi connectivity index (χ0v) is 15.8. The molecule has 28 heavy (non-hydrogen) atoms. The van der Waals surface area contributed by atoms with Crippen LogP contribution in [0.2, 0.25) is 0 Å². The number of rotatable bonds is 4. The van der Waals surface area contributed by atoms with Crippen molar-refractivity contribution in [2.75, 3.05) is 18.0 Å². The molecule has 2 aromatic rings. The Morgan fingerprint density at radius 1 is 1.14 bits per heavy atom. The van der Waals surface area contributed by atoms with Crippen molar-refractivity contribution >= 4 is 28.8 Å². The van der Waals surface area contributed by atoms with Crippen LogP contribution < -0.4 is 10.4 Å². The molecule has 0 radical (unpaired) electrons. The molecule has 0 unspecified atom stereocenters. The normalized spacial score (nSPS) is 17.4. The first-order chi connectivity index (χ1) is 13.6. The number of hydroxylamine groups is 1. The summed E-state index contributed by atoms with van der Waals surface area (Å²) in [4.78, 5) is 14.1. The van der Waals surface area contributed by atoms with Gasteiger partial charge < -0.3 is 4.90 Å². The van der Waals surface area contributed by atoms with Crippen molar-refractivity contribution in [3.05, 3.63) is 70.5 Å². The van der Waals surface area contributed by atoms with Gasteiger partial charge in [-0.1, -0.05) is 18.2 Å². The fourth-order valence-corrected chi connectivity index (χ4v) is 4.10. The van der Waals surface area contributed by atoms with E-state index in [2.05, 4.69) is 35.2 Å². The van der Waals surface area contributed by atoms with Crippen molar-refractivity contribution in [3.8, 4) is 0 Å². The monoisotopic (exact) mass is 378 g/mol. The molecule has 0 atom stereocenters. The van der Waals surface area contributed by atoms with Crippen molar-refractivity contribution in [1.82, 2.24) is 5.48 Å². The number of hydrogen-bond donors (Lipinski definition) is 2. The molecule has 1 aliphatic heterocycles. The van der Waals surface area contributed by atoms with Crippen LogP contribution in [0.25, 0.3) is 17.2 Å². The average Bonchev–Trinajstić information content (AvgIpc) is 3.32. The number of nitrogens with zero attached hydrogens (tertiary/aromatic N) is 1. The molecular formula is C23H23FN2O2. The molecule has 0 spiro atoms. The molecule has 1 amide bonds. The molecule has 144 valence electrons. The quantitative estimate of drug-likeness (QED) is 0.602. The second-order valence-corrected chi connectivity index (χ2v) is 7.35. The lowest BCUT2D eigenvalue weighted by Gasteiger charge is -2.17. The first-order valence-corrected chi connectivity index (χ1v) is 9.57. The lowest BCUT2D eigenvalue weighted by Crippen LogP contribution is -2.18. The van der Waals surface area contributed by atoms with Crippen LogP contribution in [0, 0.1) is 5.82 Å². The molecule has 1 saturated heterocycles. The van der Waals surface area contributed by atoms with E-state index in [9.17, 15) is 9.18 Å². The van der Waals surface area contributed by atoms with E-state index >= 15 is 0 Å². The maximum Gasteiger partial charge on any atom is 0.247 e. The van der Waals surface area contributed by atoms with Crippen LogP contribution >= 0.6 is 0 Å². The first-order valence-electron chi connectivity index (χ1n) is 9.57. The smallest absolute Gasteiger partial charge is 0.247 e. The Balaban J connectivity index is 1.70. The van der Waals surface area contributed by atoms with Gasteiger partial charge in [0.05, 0.1) is 6.42 Å². The van der Waals surface area contributed by atoms with Crippen molar-refractivity contribution in [3.63, 3.8) is 0 Å². The molecule has 0 saturated carbocycles. The molecule has 4 nitrogen and oxygen atoms in total. The molecule has 2 aliphatic rings. The van der Waals surface area contributed by atoms with Crippen molar-refractivity contribution in [2.24, 2.45) is 0 Å². The molecule has 0 bridgehead atoms. The minimum Gasteiger partial charge on any atom is -0.372 e. The number of nitrogens with one attached hydrogen (secondary N) is 1. The minimum absolute atomic E-state index is 0.00399. The van der Waals surface area contributed by atoms with Crippen LogP contribution in [0.3, 0.4) is 0 Å². The summed E-state index contributed by atoms with van der Waals surface area (Å²) in [5.41, 5.74) is 8.21. The number of amides is 1. The summed E-state index contributed by atoms with van der Waals surface area (Å²) in [6.07, 6.45) is 4.56. The Labute approximate surface area is 163 Å². The SMILES string of the molecule is CC1=C(CC(=O)NO)c2cc(F)ccc2/C1=C\c1ccc(N2CCCC2)cc1. The van der Waals surface area contributed by atoms with Crippen LogP contribution in [-0.2, 0) is 4.79 Å². The number of benzene rings is 2. The van der Waals surface area contributed by atoms with Gasteiger partial charge in [0.1, 0.15) is 5.82 Å². The van der Waals surface area contributed by atoms with Crippen molar-refractivity contribution in [2.45, 2.75) is 26.2 Å². The summed E-state index contributed by atoms with van der Waals surface area (Å²) in [5, 5.41) is 8.89. The molecule has 1 heterocycles. The van der Waals surface area contributed by atoms with Gasteiger partial charge in [-0.25, -0.2) is 9.87 Å². The molecule has 2 N–H and O–H groups in total. The highest BCUT2D eigenvalue weighted by Gasteiger charge is 2.25. The second kappa shape index (κ2) is 7.60. The van der Waals surface area contributed by atoms with Crippen molar-refractivity contribution < 1.29 is 14.4 Å². The largest absolute Gasteiger partial charge is 0.372 e. The Hall–Kier alpha value is -2.92.